The maximum Gasteiger partial charge on any atom is 0.0235 e. The summed E-state index contributed by atoms with van der Waals surface area (Å²) < 4.78 is 0. The van der Waals surface area contributed by atoms with Crippen LogP contribution in [-0.2, 0) is 0 Å². The summed E-state index contributed by atoms with van der Waals surface area (Å²) in [6.07, 6.45) is 18.0. The van der Waals surface area contributed by atoms with Gasteiger partial charge in [-0.05, 0) is 33.2 Å². The van der Waals surface area contributed by atoms with Crippen molar-refractivity contribution in [1.82, 2.24) is 5.32 Å². The van der Waals surface area contributed by atoms with Gasteiger partial charge in [-0.3, -0.25) is 0 Å². The monoisotopic (exact) mass is 317 g/mol. The van der Waals surface area contributed by atoms with Crippen LogP contribution >= 0.6 is 11.6 Å². The lowest BCUT2D eigenvalue weighted by Crippen LogP contribution is -2.39. The molecule has 1 N–H and O–H groups in total. The molecule has 0 saturated carbocycles. The predicted molar refractivity (Wildman–Crippen MR) is 98.5 cm³/mol. The smallest absolute Gasteiger partial charge is 0.0235 e. The van der Waals surface area contributed by atoms with E-state index in [1.807, 2.05) is 0 Å². The Kier molecular flexibility index (Phi) is 15.3. The molecule has 0 atom stereocenters. The number of nitrogens with one attached hydrogen (secondary N) is 1. The fraction of sp³-hybridized carbons (Fsp3) is 1.00. The van der Waals surface area contributed by atoms with E-state index in [1.54, 1.807) is 0 Å². The van der Waals surface area contributed by atoms with Gasteiger partial charge in [-0.2, -0.15) is 0 Å². The Morgan fingerprint density at radius 2 is 1.19 bits per heavy atom. The number of hydrogen-bond acceptors (Lipinski definition) is 1. The minimum Gasteiger partial charge on any atom is -0.312 e. The average Bonchev–Trinajstić information content (AvgIpc) is 2.45. The SMILES string of the molecule is CCCCCCCCCCCCCC(C)(C)NCCCCl. The Balaban J connectivity index is 3.23. The van der Waals surface area contributed by atoms with Crippen LogP contribution < -0.4 is 5.32 Å². The first-order chi connectivity index (χ1) is 10.1. The summed E-state index contributed by atoms with van der Waals surface area (Å²) in [6, 6.07) is 0. The molecule has 0 aromatic carbocycles. The van der Waals surface area contributed by atoms with Gasteiger partial charge in [0.05, 0.1) is 0 Å². The molecule has 0 rings (SSSR count). The average molecular weight is 318 g/mol. The highest BCUT2D eigenvalue weighted by molar-refractivity contribution is 6.17. The highest BCUT2D eigenvalue weighted by Gasteiger charge is 2.15. The largest absolute Gasteiger partial charge is 0.312 e. The van der Waals surface area contributed by atoms with Crippen LogP contribution in [0.3, 0.4) is 0 Å². The molecule has 0 aliphatic heterocycles. The molecule has 0 saturated heterocycles. The molecule has 0 aliphatic carbocycles. The van der Waals surface area contributed by atoms with Gasteiger partial charge in [0.15, 0.2) is 0 Å². The summed E-state index contributed by atoms with van der Waals surface area (Å²) in [7, 11) is 0. The Labute approximate surface area is 139 Å². The van der Waals surface area contributed by atoms with E-state index in [0.29, 0.717) is 0 Å². The van der Waals surface area contributed by atoms with Crippen molar-refractivity contribution < 1.29 is 0 Å². The Bertz CT molecular complexity index is 204. The fourth-order valence-electron chi connectivity index (χ4n) is 2.81. The van der Waals surface area contributed by atoms with E-state index in [-0.39, 0.29) is 5.54 Å². The molecule has 0 bridgehead atoms. The van der Waals surface area contributed by atoms with Gasteiger partial charge in [0.2, 0.25) is 0 Å². The molecule has 0 aromatic heterocycles. The lowest BCUT2D eigenvalue weighted by atomic mass is 9.95. The number of unbranched alkanes of at least 4 members (excludes halogenated alkanes) is 10. The molecule has 128 valence electrons. The lowest BCUT2D eigenvalue weighted by molar-refractivity contribution is 0.348. The lowest BCUT2D eigenvalue weighted by Gasteiger charge is -2.26. The second-order valence-electron chi connectivity index (χ2n) is 7.14. The van der Waals surface area contributed by atoms with Crippen molar-refractivity contribution in [3.8, 4) is 0 Å². The Morgan fingerprint density at radius 1 is 0.714 bits per heavy atom. The first-order valence-corrected chi connectivity index (χ1v) is 9.97. The Morgan fingerprint density at radius 3 is 1.67 bits per heavy atom. The van der Waals surface area contributed by atoms with Gasteiger partial charge in [-0.1, -0.05) is 77.6 Å². The molecular formula is C19H40ClN. The predicted octanol–water partition coefficient (Wildman–Crippen LogP) is 6.68. The van der Waals surface area contributed by atoms with E-state index in [9.17, 15) is 0 Å². The highest BCUT2D eigenvalue weighted by atomic mass is 35.5. The van der Waals surface area contributed by atoms with E-state index in [1.165, 1.54) is 77.0 Å². The maximum absolute atomic E-state index is 5.71. The minimum absolute atomic E-state index is 0.283. The second-order valence-corrected chi connectivity index (χ2v) is 7.52. The second kappa shape index (κ2) is 15.2. The van der Waals surface area contributed by atoms with Crippen LogP contribution in [0.1, 0.15) is 104 Å². The van der Waals surface area contributed by atoms with Crippen molar-refractivity contribution in [2.75, 3.05) is 12.4 Å². The zero-order valence-electron chi connectivity index (χ0n) is 15.0. The van der Waals surface area contributed by atoms with Crippen molar-refractivity contribution in [3.05, 3.63) is 0 Å². The van der Waals surface area contributed by atoms with E-state index in [4.69, 9.17) is 11.6 Å². The maximum atomic E-state index is 5.71. The van der Waals surface area contributed by atoms with Crippen LogP contribution in [0.5, 0.6) is 0 Å². The normalized spacial score (nSPS) is 12.0. The summed E-state index contributed by atoms with van der Waals surface area (Å²) in [5.41, 5.74) is 0.283. The van der Waals surface area contributed by atoms with E-state index in [0.717, 1.165) is 18.8 Å². The molecule has 0 heterocycles. The first kappa shape index (κ1) is 21.2. The molecule has 0 spiro atoms. The fourth-order valence-corrected chi connectivity index (χ4v) is 2.95. The third-order valence-electron chi connectivity index (χ3n) is 4.32. The molecule has 0 radical (unpaired) electrons. The summed E-state index contributed by atoms with van der Waals surface area (Å²) in [4.78, 5) is 0. The third-order valence-corrected chi connectivity index (χ3v) is 4.59. The van der Waals surface area contributed by atoms with Crippen LogP contribution in [0.15, 0.2) is 0 Å². The molecule has 0 fully saturated rings. The van der Waals surface area contributed by atoms with Crippen molar-refractivity contribution >= 4 is 11.6 Å². The topological polar surface area (TPSA) is 12.0 Å². The van der Waals surface area contributed by atoms with Gasteiger partial charge in [0.25, 0.3) is 0 Å². The van der Waals surface area contributed by atoms with Gasteiger partial charge >= 0.3 is 0 Å². The quantitative estimate of drug-likeness (QED) is 0.247. The molecular weight excluding hydrogens is 278 g/mol. The van der Waals surface area contributed by atoms with Crippen LogP contribution in [0.2, 0.25) is 0 Å². The minimum atomic E-state index is 0.283. The van der Waals surface area contributed by atoms with Crippen molar-refractivity contribution in [2.24, 2.45) is 0 Å². The van der Waals surface area contributed by atoms with Crippen molar-refractivity contribution in [1.29, 1.82) is 0 Å². The number of alkyl halides is 1. The summed E-state index contributed by atoms with van der Waals surface area (Å²) in [5.74, 6) is 0.765. The van der Waals surface area contributed by atoms with Gasteiger partial charge in [-0.25, -0.2) is 0 Å². The summed E-state index contributed by atoms with van der Waals surface area (Å²) in [6.45, 7) is 7.97. The van der Waals surface area contributed by atoms with E-state index in [2.05, 4.69) is 26.1 Å². The van der Waals surface area contributed by atoms with E-state index >= 15 is 0 Å². The molecule has 21 heavy (non-hydrogen) atoms. The number of hydrogen-bond donors (Lipinski definition) is 1. The van der Waals surface area contributed by atoms with Crippen LogP contribution in [-0.4, -0.2) is 18.0 Å². The molecule has 2 heteroatoms. The van der Waals surface area contributed by atoms with Gasteiger partial charge in [0, 0.05) is 11.4 Å². The molecule has 0 aromatic rings. The highest BCUT2D eigenvalue weighted by Crippen LogP contribution is 2.16. The summed E-state index contributed by atoms with van der Waals surface area (Å²) in [5, 5.41) is 3.61. The Hall–Kier alpha value is 0.250. The zero-order chi connectivity index (χ0) is 15.8. The molecule has 1 nitrogen and oxygen atoms in total. The van der Waals surface area contributed by atoms with Crippen LogP contribution in [0.4, 0.5) is 0 Å². The van der Waals surface area contributed by atoms with Crippen LogP contribution in [0.25, 0.3) is 0 Å². The van der Waals surface area contributed by atoms with Crippen LogP contribution in [0, 0.1) is 0 Å². The van der Waals surface area contributed by atoms with Crippen molar-refractivity contribution in [3.63, 3.8) is 0 Å². The number of halogens is 1. The number of rotatable bonds is 16. The molecule has 0 aliphatic rings. The molecule has 0 unspecified atom stereocenters. The van der Waals surface area contributed by atoms with Crippen molar-refractivity contribution in [2.45, 2.75) is 110 Å². The zero-order valence-corrected chi connectivity index (χ0v) is 15.7. The van der Waals surface area contributed by atoms with Gasteiger partial charge in [-0.15, -0.1) is 11.6 Å². The first-order valence-electron chi connectivity index (χ1n) is 9.43. The van der Waals surface area contributed by atoms with E-state index < -0.39 is 0 Å². The van der Waals surface area contributed by atoms with Gasteiger partial charge in [0.1, 0.15) is 0 Å². The third kappa shape index (κ3) is 16.4. The molecule has 0 amide bonds. The standard InChI is InChI=1S/C19H40ClN/c1-4-5-6-7-8-9-10-11-12-13-14-16-19(2,3)21-18-15-17-20/h21H,4-18H2,1-3H3. The van der Waals surface area contributed by atoms with Gasteiger partial charge < -0.3 is 5.32 Å². The summed E-state index contributed by atoms with van der Waals surface area (Å²) >= 11 is 5.71.